The summed E-state index contributed by atoms with van der Waals surface area (Å²) < 4.78 is 9.06. The number of hydrogen-bond donors (Lipinski definition) is 0. The van der Waals surface area contributed by atoms with Crippen molar-refractivity contribution < 1.29 is 4.74 Å². The van der Waals surface area contributed by atoms with E-state index < -0.39 is 0 Å². The van der Waals surface area contributed by atoms with E-state index in [1.807, 2.05) is 18.2 Å². The number of rotatable bonds is 4. The van der Waals surface area contributed by atoms with E-state index in [0.29, 0.717) is 17.5 Å². The third-order valence-corrected chi connectivity index (χ3v) is 10.7. The lowest BCUT2D eigenvalue weighted by Crippen LogP contribution is -2.16. The van der Waals surface area contributed by atoms with Gasteiger partial charge in [0.1, 0.15) is 11.9 Å². The molecule has 1 aliphatic carbocycles. The Morgan fingerprint density at radius 2 is 1.27 bits per heavy atom. The van der Waals surface area contributed by atoms with Crippen LogP contribution in [0, 0.1) is 0 Å². The van der Waals surface area contributed by atoms with Gasteiger partial charge < -0.3 is 4.74 Å². The van der Waals surface area contributed by atoms with Gasteiger partial charge in [0.15, 0.2) is 17.5 Å². The zero-order chi connectivity index (χ0) is 31.6. The molecule has 48 heavy (non-hydrogen) atoms. The van der Waals surface area contributed by atoms with Crippen LogP contribution in [0.5, 0.6) is 5.75 Å². The highest BCUT2D eigenvalue weighted by Crippen LogP contribution is 2.48. The molecule has 2 unspecified atom stereocenters. The molecule has 2 atom stereocenters. The molecular weight excluding hydrogens is 607 g/mol. The van der Waals surface area contributed by atoms with Crippen molar-refractivity contribution in [3.8, 4) is 51.0 Å². The molecule has 6 aromatic carbocycles. The second-order valence-corrected chi connectivity index (χ2v) is 13.4. The van der Waals surface area contributed by atoms with Crippen LogP contribution >= 0.6 is 11.3 Å². The predicted octanol–water partition coefficient (Wildman–Crippen LogP) is 11.0. The van der Waals surface area contributed by atoms with Crippen LogP contribution in [0.3, 0.4) is 0 Å². The maximum atomic E-state index is 6.64. The molecule has 0 amide bonds. The summed E-state index contributed by atoms with van der Waals surface area (Å²) in [5, 5.41) is 4.87. The standard InChI is InChI=1S/C43H27N3OS/c1-2-12-27(13-3-1)41-44-42(34-18-10-17-32-31-15-7-9-20-38(31)48-40(32)34)46-43(45-41)35-24-30(29-22-21-26-11-4-5-14-28(26)23-29)25-37-39(35)33-16-6-8-19-36(33)47-37/h1-25,33,36H. The average Bonchev–Trinajstić information content (AvgIpc) is 3.73. The molecule has 0 spiro atoms. The molecule has 0 N–H and O–H groups in total. The molecule has 10 rings (SSSR count). The van der Waals surface area contributed by atoms with Crippen molar-refractivity contribution >= 4 is 42.3 Å². The van der Waals surface area contributed by atoms with Crippen molar-refractivity contribution in [1.82, 2.24) is 15.0 Å². The van der Waals surface area contributed by atoms with Gasteiger partial charge in [-0.3, -0.25) is 0 Å². The quantitative estimate of drug-likeness (QED) is 0.193. The number of fused-ring (bicyclic) bond motifs is 7. The van der Waals surface area contributed by atoms with Crippen molar-refractivity contribution in [2.24, 2.45) is 0 Å². The summed E-state index contributed by atoms with van der Waals surface area (Å²) in [5.41, 5.74) is 6.22. The molecule has 3 heterocycles. The lowest BCUT2D eigenvalue weighted by molar-refractivity contribution is 0.269. The minimum absolute atomic E-state index is 0.0667. The van der Waals surface area contributed by atoms with Gasteiger partial charge in [0.05, 0.1) is 0 Å². The Hall–Kier alpha value is -5.91. The first-order chi connectivity index (χ1) is 23.8. The third-order valence-electron chi connectivity index (χ3n) is 9.46. The van der Waals surface area contributed by atoms with E-state index in [4.69, 9.17) is 19.7 Å². The van der Waals surface area contributed by atoms with E-state index in [2.05, 4.69) is 133 Å². The van der Waals surface area contributed by atoms with Gasteiger partial charge in [0.2, 0.25) is 0 Å². The van der Waals surface area contributed by atoms with Crippen LogP contribution in [-0.2, 0) is 0 Å². The molecule has 0 fully saturated rings. The number of thiophene rings is 1. The maximum absolute atomic E-state index is 6.64. The summed E-state index contributed by atoms with van der Waals surface area (Å²) in [4.78, 5) is 15.6. The van der Waals surface area contributed by atoms with E-state index in [-0.39, 0.29) is 12.0 Å². The molecule has 2 aliphatic rings. The molecule has 8 aromatic rings. The Labute approximate surface area is 281 Å². The number of benzene rings is 6. The first-order valence-corrected chi connectivity index (χ1v) is 17.0. The monoisotopic (exact) mass is 633 g/mol. The van der Waals surface area contributed by atoms with Crippen LogP contribution in [0.25, 0.3) is 76.2 Å². The minimum Gasteiger partial charge on any atom is -0.485 e. The second kappa shape index (κ2) is 10.8. The fraction of sp³-hybridized carbons (Fsp3) is 0.0465. The molecule has 0 radical (unpaired) electrons. The highest BCUT2D eigenvalue weighted by atomic mass is 32.1. The third kappa shape index (κ3) is 4.39. The molecule has 0 saturated carbocycles. The summed E-state index contributed by atoms with van der Waals surface area (Å²) in [6.45, 7) is 0. The van der Waals surface area contributed by atoms with Gasteiger partial charge in [0.25, 0.3) is 0 Å². The molecule has 4 nitrogen and oxygen atoms in total. The topological polar surface area (TPSA) is 47.9 Å². The largest absolute Gasteiger partial charge is 0.485 e. The SMILES string of the molecule is C1=CC2Oc3cc(-c4ccc5ccccc5c4)cc(-c4nc(-c5ccccc5)nc(-c5cccc6c5sc5ccccc56)n4)c3C2C=C1. The molecule has 1 aliphatic heterocycles. The molecule has 226 valence electrons. The number of aromatic nitrogens is 3. The zero-order valence-corrected chi connectivity index (χ0v) is 26.6. The average molecular weight is 634 g/mol. The van der Waals surface area contributed by atoms with Crippen LogP contribution in [-0.4, -0.2) is 21.1 Å². The molecule has 5 heteroatoms. The van der Waals surface area contributed by atoms with Crippen LogP contribution in [0.2, 0.25) is 0 Å². The van der Waals surface area contributed by atoms with Gasteiger partial charge in [-0.15, -0.1) is 11.3 Å². The van der Waals surface area contributed by atoms with Crippen LogP contribution in [0.1, 0.15) is 11.5 Å². The molecule has 2 aromatic heterocycles. The van der Waals surface area contributed by atoms with E-state index in [1.165, 1.54) is 30.9 Å². The minimum atomic E-state index is -0.0715. The van der Waals surface area contributed by atoms with Crippen molar-refractivity contribution in [3.63, 3.8) is 0 Å². The number of ether oxygens (including phenoxy) is 1. The molecule has 0 bridgehead atoms. The fourth-order valence-electron chi connectivity index (χ4n) is 7.15. The summed E-state index contributed by atoms with van der Waals surface area (Å²) in [7, 11) is 0. The highest BCUT2D eigenvalue weighted by molar-refractivity contribution is 7.26. The van der Waals surface area contributed by atoms with E-state index in [0.717, 1.165) is 39.1 Å². The smallest absolute Gasteiger partial charge is 0.165 e. The lowest BCUT2D eigenvalue weighted by Gasteiger charge is -2.17. The van der Waals surface area contributed by atoms with Gasteiger partial charge in [-0.2, -0.15) is 0 Å². The summed E-state index contributed by atoms with van der Waals surface area (Å²) >= 11 is 1.78. The lowest BCUT2D eigenvalue weighted by atomic mass is 9.86. The maximum Gasteiger partial charge on any atom is 0.165 e. The number of nitrogens with zero attached hydrogens (tertiary/aromatic N) is 3. The Kier molecular flexibility index (Phi) is 6.14. The van der Waals surface area contributed by atoms with Crippen LogP contribution in [0.15, 0.2) is 152 Å². The van der Waals surface area contributed by atoms with E-state index in [1.54, 1.807) is 11.3 Å². The van der Waals surface area contributed by atoms with E-state index in [9.17, 15) is 0 Å². The fourth-order valence-corrected chi connectivity index (χ4v) is 8.36. The van der Waals surface area contributed by atoms with Crippen molar-refractivity contribution in [3.05, 3.63) is 157 Å². The summed E-state index contributed by atoms with van der Waals surface area (Å²) in [5.74, 6) is 2.89. The summed E-state index contributed by atoms with van der Waals surface area (Å²) in [6, 6.07) is 44.7. The van der Waals surface area contributed by atoms with Gasteiger partial charge in [-0.1, -0.05) is 115 Å². The van der Waals surface area contributed by atoms with Gasteiger partial charge in [-0.25, -0.2) is 15.0 Å². The Bertz CT molecular complexity index is 2620. The van der Waals surface area contributed by atoms with Gasteiger partial charge >= 0.3 is 0 Å². The highest BCUT2D eigenvalue weighted by Gasteiger charge is 2.36. The van der Waals surface area contributed by atoms with Crippen molar-refractivity contribution in [1.29, 1.82) is 0 Å². The molecule has 0 saturated heterocycles. The van der Waals surface area contributed by atoms with Crippen LogP contribution < -0.4 is 4.74 Å². The van der Waals surface area contributed by atoms with Crippen LogP contribution in [0.4, 0.5) is 0 Å². The first kappa shape index (κ1) is 27.2. The normalized spacial score (nSPS) is 16.3. The molecular formula is C43H27N3OS. The van der Waals surface area contributed by atoms with Crippen molar-refractivity contribution in [2.45, 2.75) is 12.0 Å². The second-order valence-electron chi connectivity index (χ2n) is 12.3. The first-order valence-electron chi connectivity index (χ1n) is 16.2. The number of hydrogen-bond acceptors (Lipinski definition) is 5. The Morgan fingerprint density at radius 3 is 2.19 bits per heavy atom. The summed E-state index contributed by atoms with van der Waals surface area (Å²) in [6.07, 6.45) is 8.47. The zero-order valence-electron chi connectivity index (χ0n) is 25.7. The predicted molar refractivity (Wildman–Crippen MR) is 197 cm³/mol. The van der Waals surface area contributed by atoms with E-state index >= 15 is 0 Å². The Morgan fingerprint density at radius 1 is 0.521 bits per heavy atom. The Balaban J connectivity index is 1.24. The van der Waals surface area contributed by atoms with Gasteiger partial charge in [0, 0.05) is 48.3 Å². The van der Waals surface area contributed by atoms with Gasteiger partial charge in [-0.05, 0) is 58.3 Å². The van der Waals surface area contributed by atoms with Crippen molar-refractivity contribution in [2.75, 3.05) is 0 Å². The number of allylic oxidation sites excluding steroid dienone is 2.